The maximum absolute atomic E-state index is 6.28. The Hall–Kier alpha value is -1.67. The number of halogens is 1. The number of aryl methyl sites for hydroxylation is 1. The van der Waals surface area contributed by atoms with E-state index in [0.717, 1.165) is 56.4 Å². The molecule has 0 atom stereocenters. The number of thioether (sulfide) groups is 1. The van der Waals surface area contributed by atoms with Gasteiger partial charge in [0.1, 0.15) is 5.01 Å². The van der Waals surface area contributed by atoms with Crippen LogP contribution in [-0.4, -0.2) is 19.7 Å². The van der Waals surface area contributed by atoms with Crippen LogP contribution in [0.1, 0.15) is 23.9 Å². The molecule has 0 aliphatic heterocycles. The van der Waals surface area contributed by atoms with Crippen molar-refractivity contribution in [2.75, 3.05) is 0 Å². The van der Waals surface area contributed by atoms with E-state index in [1.54, 1.807) is 34.4 Å². The third kappa shape index (κ3) is 4.17. The molecule has 3 heterocycles. The second kappa shape index (κ2) is 8.78. The fourth-order valence-corrected chi connectivity index (χ4v) is 5.86. The van der Waals surface area contributed by atoms with E-state index in [9.17, 15) is 0 Å². The molecule has 0 aliphatic rings. The average Bonchev–Trinajstić information content (AvgIpc) is 3.41. The molecule has 0 N–H and O–H groups in total. The Morgan fingerprint density at radius 1 is 1.14 bits per heavy atom. The number of aromatic nitrogens is 4. The van der Waals surface area contributed by atoms with E-state index in [2.05, 4.69) is 38.5 Å². The van der Waals surface area contributed by atoms with Gasteiger partial charge in [-0.15, -0.1) is 32.9 Å². The fraction of sp³-hybridized carbons (Fsp3) is 0.250. The third-order valence-corrected chi connectivity index (χ3v) is 7.55. The van der Waals surface area contributed by atoms with E-state index < -0.39 is 0 Å². The maximum atomic E-state index is 6.28. The quantitative estimate of drug-likeness (QED) is 0.301. The van der Waals surface area contributed by atoms with Crippen molar-refractivity contribution in [3.63, 3.8) is 0 Å². The molecule has 0 fully saturated rings. The monoisotopic (exact) mass is 446 g/mol. The van der Waals surface area contributed by atoms with E-state index in [0.29, 0.717) is 0 Å². The Morgan fingerprint density at radius 2 is 2.00 bits per heavy atom. The molecule has 8 heteroatoms. The summed E-state index contributed by atoms with van der Waals surface area (Å²) in [6.45, 7) is 2.20. The maximum Gasteiger partial charge on any atom is 0.191 e. The average molecular weight is 447 g/mol. The summed E-state index contributed by atoms with van der Waals surface area (Å²) in [4.78, 5) is 6.13. The molecular weight excluding hydrogens is 428 g/mol. The predicted octanol–water partition coefficient (Wildman–Crippen LogP) is 6.57. The van der Waals surface area contributed by atoms with E-state index >= 15 is 0 Å². The lowest BCUT2D eigenvalue weighted by molar-refractivity contribution is 0.793. The van der Waals surface area contributed by atoms with Crippen LogP contribution in [-0.2, 0) is 19.2 Å². The first kappa shape index (κ1) is 19.6. The van der Waals surface area contributed by atoms with Crippen molar-refractivity contribution >= 4 is 46.0 Å². The van der Waals surface area contributed by atoms with Crippen LogP contribution in [0.15, 0.2) is 46.2 Å². The summed E-state index contributed by atoms with van der Waals surface area (Å²) in [6.07, 6.45) is 2.27. The van der Waals surface area contributed by atoms with Crippen molar-refractivity contribution in [1.29, 1.82) is 0 Å². The number of benzene rings is 1. The van der Waals surface area contributed by atoms with Crippen LogP contribution < -0.4 is 0 Å². The van der Waals surface area contributed by atoms with E-state index in [-0.39, 0.29) is 0 Å². The molecule has 28 heavy (non-hydrogen) atoms. The first-order valence-electron chi connectivity index (χ1n) is 8.95. The number of hydrogen-bond acceptors (Lipinski definition) is 6. The molecule has 3 aromatic heterocycles. The minimum Gasteiger partial charge on any atom is -0.305 e. The van der Waals surface area contributed by atoms with Crippen LogP contribution in [0.2, 0.25) is 5.02 Å². The lowest BCUT2D eigenvalue weighted by Gasteiger charge is -2.02. The minimum atomic E-state index is 0.729. The Morgan fingerprint density at radius 3 is 2.82 bits per heavy atom. The summed E-state index contributed by atoms with van der Waals surface area (Å²) in [5, 5.41) is 15.6. The van der Waals surface area contributed by atoms with Gasteiger partial charge in [-0.25, -0.2) is 4.98 Å². The van der Waals surface area contributed by atoms with Gasteiger partial charge in [-0.1, -0.05) is 54.9 Å². The van der Waals surface area contributed by atoms with Crippen molar-refractivity contribution in [1.82, 2.24) is 19.7 Å². The number of nitrogens with zero attached hydrogens (tertiary/aromatic N) is 4. The van der Waals surface area contributed by atoms with Gasteiger partial charge in [-0.05, 0) is 18.6 Å². The van der Waals surface area contributed by atoms with E-state index in [1.807, 2.05) is 31.3 Å². The van der Waals surface area contributed by atoms with Gasteiger partial charge < -0.3 is 4.57 Å². The van der Waals surface area contributed by atoms with E-state index in [4.69, 9.17) is 16.6 Å². The summed E-state index contributed by atoms with van der Waals surface area (Å²) in [7, 11) is 2.02. The standard InChI is InChI=1S/C20H19ClN4S3/c1-3-6-15-9-13(10-26-15)18-23-24-20(25(18)2)28-12-14-11-27-19(22-14)16-7-4-5-8-17(16)21/h4-5,7-11H,3,6,12H2,1-2H3. The number of rotatable bonds is 7. The van der Waals surface area contributed by atoms with Crippen molar-refractivity contribution < 1.29 is 0 Å². The smallest absolute Gasteiger partial charge is 0.191 e. The molecule has 0 spiro atoms. The zero-order chi connectivity index (χ0) is 19.5. The van der Waals surface area contributed by atoms with E-state index in [1.165, 1.54) is 4.88 Å². The third-order valence-electron chi connectivity index (χ3n) is 4.25. The molecule has 0 saturated carbocycles. The molecule has 4 rings (SSSR count). The van der Waals surface area contributed by atoms with Gasteiger partial charge in [-0.3, -0.25) is 0 Å². The minimum absolute atomic E-state index is 0.729. The topological polar surface area (TPSA) is 43.6 Å². The normalized spacial score (nSPS) is 11.2. The van der Waals surface area contributed by atoms with Gasteiger partial charge in [0.05, 0.1) is 10.7 Å². The van der Waals surface area contributed by atoms with Crippen molar-refractivity contribution in [2.45, 2.75) is 30.7 Å². The molecule has 1 aromatic carbocycles. The highest BCUT2D eigenvalue weighted by Gasteiger charge is 2.14. The zero-order valence-corrected chi connectivity index (χ0v) is 18.8. The fourth-order valence-electron chi connectivity index (χ4n) is 2.84. The molecule has 0 bridgehead atoms. The van der Waals surface area contributed by atoms with Crippen molar-refractivity contribution in [3.8, 4) is 22.0 Å². The summed E-state index contributed by atoms with van der Waals surface area (Å²) < 4.78 is 2.06. The number of hydrogen-bond donors (Lipinski definition) is 0. The zero-order valence-electron chi connectivity index (χ0n) is 15.6. The first-order chi connectivity index (χ1) is 13.7. The molecule has 144 valence electrons. The van der Waals surface area contributed by atoms with Gasteiger partial charge in [0.2, 0.25) is 0 Å². The second-order valence-electron chi connectivity index (χ2n) is 6.33. The largest absolute Gasteiger partial charge is 0.305 e. The Balaban J connectivity index is 1.46. The lowest BCUT2D eigenvalue weighted by atomic mass is 10.2. The molecule has 0 aliphatic carbocycles. The van der Waals surface area contributed by atoms with Crippen LogP contribution in [0.5, 0.6) is 0 Å². The second-order valence-corrected chi connectivity index (χ2v) is 9.53. The van der Waals surface area contributed by atoms with Crippen LogP contribution in [0.4, 0.5) is 0 Å². The van der Waals surface area contributed by atoms with Crippen molar-refractivity contribution in [2.24, 2.45) is 7.05 Å². The molecule has 0 unspecified atom stereocenters. The van der Waals surface area contributed by atoms with Gasteiger partial charge in [0.25, 0.3) is 0 Å². The summed E-state index contributed by atoms with van der Waals surface area (Å²) in [6, 6.07) is 10.0. The van der Waals surface area contributed by atoms with Crippen LogP contribution in [0.3, 0.4) is 0 Å². The Kier molecular flexibility index (Phi) is 6.16. The molecule has 4 nitrogen and oxygen atoms in total. The lowest BCUT2D eigenvalue weighted by Crippen LogP contribution is -1.94. The van der Waals surface area contributed by atoms with Crippen LogP contribution >= 0.6 is 46.0 Å². The molecule has 4 aromatic rings. The first-order valence-corrected chi connectivity index (χ1v) is 12.1. The predicted molar refractivity (Wildman–Crippen MR) is 120 cm³/mol. The van der Waals surface area contributed by atoms with Crippen LogP contribution in [0.25, 0.3) is 22.0 Å². The summed E-state index contributed by atoms with van der Waals surface area (Å²) in [5.74, 6) is 1.66. The van der Waals surface area contributed by atoms with Crippen molar-refractivity contribution in [3.05, 3.63) is 56.7 Å². The highest BCUT2D eigenvalue weighted by atomic mass is 35.5. The Labute approximate surface area is 181 Å². The number of thiophene rings is 1. The summed E-state index contributed by atoms with van der Waals surface area (Å²) >= 11 is 11.3. The SMILES string of the molecule is CCCc1cc(-c2nnc(SCc3csc(-c4ccccc4Cl)n3)n2C)cs1. The van der Waals surface area contributed by atoms with Gasteiger partial charge in [0.15, 0.2) is 11.0 Å². The van der Waals surface area contributed by atoms with Gasteiger partial charge >= 0.3 is 0 Å². The molecular formula is C20H19ClN4S3. The highest BCUT2D eigenvalue weighted by molar-refractivity contribution is 7.98. The summed E-state index contributed by atoms with van der Waals surface area (Å²) in [5.41, 5.74) is 3.15. The van der Waals surface area contributed by atoms with Crippen LogP contribution in [0, 0.1) is 0 Å². The number of thiazole rings is 1. The van der Waals surface area contributed by atoms with Gasteiger partial charge in [-0.2, -0.15) is 0 Å². The molecule has 0 radical (unpaired) electrons. The highest BCUT2D eigenvalue weighted by Crippen LogP contribution is 2.32. The molecule has 0 saturated heterocycles. The molecule has 0 amide bonds. The Bertz CT molecular complexity index is 1080. The van der Waals surface area contributed by atoms with Gasteiger partial charge in [0, 0.05) is 39.6 Å².